The highest BCUT2D eigenvalue weighted by molar-refractivity contribution is 5.97. The molecule has 0 radical (unpaired) electrons. The van der Waals surface area contributed by atoms with Crippen LogP contribution in [0, 0.1) is 0 Å². The lowest BCUT2D eigenvalue weighted by Crippen LogP contribution is -2.43. The van der Waals surface area contributed by atoms with Crippen LogP contribution in [-0.4, -0.2) is 29.0 Å². The first kappa shape index (κ1) is 15.6. The molecule has 0 aliphatic rings. The first-order valence-electron chi connectivity index (χ1n) is 7.88. The van der Waals surface area contributed by atoms with Crippen LogP contribution in [0.4, 0.5) is 0 Å². The van der Waals surface area contributed by atoms with Gasteiger partial charge in [-0.25, -0.2) is 5.01 Å². The lowest BCUT2D eigenvalue weighted by molar-refractivity contribution is 0.0778. The molecule has 21 heavy (non-hydrogen) atoms. The largest absolute Gasteiger partial charge is 0.350 e. The Morgan fingerprint density at radius 1 is 1.14 bits per heavy atom. The van der Waals surface area contributed by atoms with Crippen LogP contribution in [0.25, 0.3) is 10.9 Å². The molecule has 0 unspecified atom stereocenters. The second kappa shape index (κ2) is 7.84. The molecule has 0 fully saturated rings. The number of aromatic amines is 1. The minimum absolute atomic E-state index is 0.0570. The third-order valence-corrected chi connectivity index (χ3v) is 3.60. The number of carbonyl (C=O) groups is 1. The summed E-state index contributed by atoms with van der Waals surface area (Å²) in [5.74, 6) is -0.0570. The average molecular weight is 287 g/mol. The standard InChI is InChI=1S/C17H25N3O/c1-3-5-11-20(12-6-4-2)19-17(21)16-13-14-9-7-8-10-15(14)18-16/h7-10,13,18H,3-6,11-12H2,1-2H3,(H,19,21). The SMILES string of the molecule is CCCCN(CCCC)NC(=O)c1cc2ccccc2[nH]1. The van der Waals surface area contributed by atoms with Crippen molar-refractivity contribution in [1.82, 2.24) is 15.4 Å². The van der Waals surface area contributed by atoms with E-state index in [9.17, 15) is 4.79 Å². The number of para-hydroxylation sites is 1. The molecule has 1 heterocycles. The van der Waals surface area contributed by atoms with Gasteiger partial charge in [-0.3, -0.25) is 10.2 Å². The lowest BCUT2D eigenvalue weighted by atomic mass is 10.2. The summed E-state index contributed by atoms with van der Waals surface area (Å²) in [7, 11) is 0. The zero-order valence-corrected chi connectivity index (χ0v) is 13.0. The summed E-state index contributed by atoms with van der Waals surface area (Å²) < 4.78 is 0. The molecule has 0 spiro atoms. The number of carbonyl (C=O) groups excluding carboxylic acids is 1. The van der Waals surface area contributed by atoms with Gasteiger partial charge in [-0.1, -0.05) is 44.9 Å². The smallest absolute Gasteiger partial charge is 0.282 e. The Hall–Kier alpha value is -1.81. The Balaban J connectivity index is 2.02. The van der Waals surface area contributed by atoms with Gasteiger partial charge < -0.3 is 4.98 Å². The molecule has 0 atom stereocenters. The highest BCUT2D eigenvalue weighted by Gasteiger charge is 2.12. The lowest BCUT2D eigenvalue weighted by Gasteiger charge is -2.22. The third-order valence-electron chi connectivity index (χ3n) is 3.60. The van der Waals surface area contributed by atoms with Crippen molar-refractivity contribution in [3.05, 3.63) is 36.0 Å². The molecule has 2 N–H and O–H groups in total. The summed E-state index contributed by atoms with van der Waals surface area (Å²) in [5.41, 5.74) is 4.64. The molecule has 114 valence electrons. The highest BCUT2D eigenvalue weighted by atomic mass is 16.2. The van der Waals surface area contributed by atoms with Gasteiger partial charge in [0.25, 0.3) is 5.91 Å². The van der Waals surface area contributed by atoms with Crippen molar-refractivity contribution < 1.29 is 4.79 Å². The predicted octanol–water partition coefficient (Wildman–Crippen LogP) is 3.71. The first-order valence-corrected chi connectivity index (χ1v) is 7.88. The van der Waals surface area contributed by atoms with Gasteiger partial charge in [0.1, 0.15) is 5.69 Å². The number of amides is 1. The van der Waals surface area contributed by atoms with Crippen molar-refractivity contribution in [2.45, 2.75) is 39.5 Å². The van der Waals surface area contributed by atoms with E-state index in [1.807, 2.05) is 35.3 Å². The third kappa shape index (κ3) is 4.33. The van der Waals surface area contributed by atoms with E-state index < -0.39 is 0 Å². The number of benzene rings is 1. The number of hydrazine groups is 1. The van der Waals surface area contributed by atoms with Gasteiger partial charge in [-0.05, 0) is 25.0 Å². The molecular formula is C17H25N3O. The number of rotatable bonds is 8. The second-order valence-electron chi connectivity index (χ2n) is 5.41. The van der Waals surface area contributed by atoms with Gasteiger partial charge in [0.05, 0.1) is 0 Å². The van der Waals surface area contributed by atoms with Crippen LogP contribution in [0.2, 0.25) is 0 Å². The van der Waals surface area contributed by atoms with Crippen LogP contribution in [0.15, 0.2) is 30.3 Å². The Kier molecular flexibility index (Phi) is 5.81. The number of aromatic nitrogens is 1. The maximum Gasteiger partial charge on any atom is 0.282 e. The molecule has 2 aromatic rings. The quantitative estimate of drug-likeness (QED) is 0.727. The van der Waals surface area contributed by atoms with Crippen LogP contribution in [0.3, 0.4) is 0 Å². The molecule has 0 saturated carbocycles. The Labute approximate surface area is 126 Å². The van der Waals surface area contributed by atoms with E-state index in [1.165, 1.54) is 0 Å². The number of nitrogens with one attached hydrogen (secondary N) is 2. The van der Waals surface area contributed by atoms with E-state index in [0.717, 1.165) is 49.7 Å². The zero-order valence-electron chi connectivity index (χ0n) is 13.0. The summed E-state index contributed by atoms with van der Waals surface area (Å²) in [6.07, 6.45) is 4.45. The molecule has 0 aliphatic carbocycles. The number of hydrogen-bond donors (Lipinski definition) is 2. The molecule has 0 saturated heterocycles. The summed E-state index contributed by atoms with van der Waals surface area (Å²) in [6, 6.07) is 9.84. The minimum atomic E-state index is -0.0570. The highest BCUT2D eigenvalue weighted by Crippen LogP contribution is 2.14. The van der Waals surface area contributed by atoms with Crippen molar-refractivity contribution in [3.8, 4) is 0 Å². The van der Waals surface area contributed by atoms with E-state index in [2.05, 4.69) is 24.3 Å². The normalized spacial score (nSPS) is 11.2. The van der Waals surface area contributed by atoms with Crippen LogP contribution in [0.5, 0.6) is 0 Å². The topological polar surface area (TPSA) is 48.1 Å². The summed E-state index contributed by atoms with van der Waals surface area (Å²) >= 11 is 0. The summed E-state index contributed by atoms with van der Waals surface area (Å²) in [6.45, 7) is 6.14. The van der Waals surface area contributed by atoms with Gasteiger partial charge in [0.15, 0.2) is 0 Å². The number of unbranched alkanes of at least 4 members (excludes halogenated alkanes) is 2. The Morgan fingerprint density at radius 2 is 1.81 bits per heavy atom. The fourth-order valence-corrected chi connectivity index (χ4v) is 2.32. The molecule has 2 rings (SSSR count). The van der Waals surface area contributed by atoms with Crippen molar-refractivity contribution in [2.24, 2.45) is 0 Å². The Morgan fingerprint density at radius 3 is 2.43 bits per heavy atom. The fraction of sp³-hybridized carbons (Fsp3) is 0.471. The van der Waals surface area contributed by atoms with E-state index in [0.29, 0.717) is 5.69 Å². The number of fused-ring (bicyclic) bond motifs is 1. The molecule has 1 aromatic carbocycles. The van der Waals surface area contributed by atoms with E-state index >= 15 is 0 Å². The van der Waals surface area contributed by atoms with Gasteiger partial charge in [-0.15, -0.1) is 0 Å². The molecule has 4 heteroatoms. The van der Waals surface area contributed by atoms with E-state index in [-0.39, 0.29) is 5.91 Å². The van der Waals surface area contributed by atoms with Crippen LogP contribution in [0.1, 0.15) is 50.0 Å². The summed E-state index contributed by atoms with van der Waals surface area (Å²) in [4.78, 5) is 15.5. The van der Waals surface area contributed by atoms with Crippen molar-refractivity contribution in [2.75, 3.05) is 13.1 Å². The average Bonchev–Trinajstić information content (AvgIpc) is 2.94. The van der Waals surface area contributed by atoms with Crippen molar-refractivity contribution in [3.63, 3.8) is 0 Å². The monoisotopic (exact) mass is 287 g/mol. The second-order valence-corrected chi connectivity index (χ2v) is 5.41. The minimum Gasteiger partial charge on any atom is -0.350 e. The van der Waals surface area contributed by atoms with Crippen LogP contribution in [-0.2, 0) is 0 Å². The van der Waals surface area contributed by atoms with Crippen LogP contribution < -0.4 is 5.43 Å². The van der Waals surface area contributed by atoms with E-state index in [1.54, 1.807) is 0 Å². The summed E-state index contributed by atoms with van der Waals surface area (Å²) in [5, 5.41) is 3.11. The van der Waals surface area contributed by atoms with Crippen molar-refractivity contribution in [1.29, 1.82) is 0 Å². The Bertz CT molecular complexity index is 535. The molecule has 4 nitrogen and oxygen atoms in total. The first-order chi connectivity index (χ1) is 10.2. The molecule has 0 aliphatic heterocycles. The number of hydrogen-bond acceptors (Lipinski definition) is 2. The van der Waals surface area contributed by atoms with Gasteiger partial charge in [0.2, 0.25) is 0 Å². The number of nitrogens with zero attached hydrogens (tertiary/aromatic N) is 1. The van der Waals surface area contributed by atoms with Crippen molar-refractivity contribution >= 4 is 16.8 Å². The fourth-order valence-electron chi connectivity index (χ4n) is 2.32. The zero-order chi connectivity index (χ0) is 15.1. The molecule has 1 aromatic heterocycles. The van der Waals surface area contributed by atoms with Gasteiger partial charge in [0, 0.05) is 24.0 Å². The van der Waals surface area contributed by atoms with E-state index in [4.69, 9.17) is 0 Å². The maximum absolute atomic E-state index is 12.4. The molecule has 0 bridgehead atoms. The van der Waals surface area contributed by atoms with Gasteiger partial charge in [-0.2, -0.15) is 0 Å². The number of H-pyrrole nitrogens is 1. The molecule has 1 amide bonds. The van der Waals surface area contributed by atoms with Gasteiger partial charge >= 0.3 is 0 Å². The maximum atomic E-state index is 12.4. The predicted molar refractivity (Wildman–Crippen MR) is 87.2 cm³/mol. The van der Waals surface area contributed by atoms with Crippen LogP contribution >= 0.6 is 0 Å². The molecular weight excluding hydrogens is 262 g/mol.